The number of nitrogens with one attached hydrogen (secondary N) is 1. The second-order valence-corrected chi connectivity index (χ2v) is 4.20. The first-order valence-electron chi connectivity index (χ1n) is 6.54. The Bertz CT molecular complexity index is 537. The number of carbonyl (C=O) groups is 1. The van der Waals surface area contributed by atoms with Gasteiger partial charge in [-0.15, -0.1) is 0 Å². The van der Waals surface area contributed by atoms with Crippen LogP contribution < -0.4 is 14.8 Å². The van der Waals surface area contributed by atoms with Gasteiger partial charge in [0.1, 0.15) is 11.5 Å². The Labute approximate surface area is 118 Å². The molecule has 2 aromatic carbocycles. The fourth-order valence-corrected chi connectivity index (χ4v) is 1.59. The minimum Gasteiger partial charge on any atom is -0.494 e. The number of rotatable bonds is 5. The molecule has 0 unspecified atom stereocenters. The van der Waals surface area contributed by atoms with Crippen LogP contribution in [-0.4, -0.2) is 12.7 Å². The summed E-state index contributed by atoms with van der Waals surface area (Å²) in [6.45, 7) is 2.73. The van der Waals surface area contributed by atoms with Crippen molar-refractivity contribution >= 4 is 11.8 Å². The molecule has 4 heteroatoms. The van der Waals surface area contributed by atoms with Crippen molar-refractivity contribution in [1.29, 1.82) is 0 Å². The van der Waals surface area contributed by atoms with Crippen LogP contribution in [0.1, 0.15) is 13.3 Å². The molecule has 0 atom stereocenters. The number of ether oxygens (including phenoxy) is 2. The molecule has 4 nitrogen and oxygen atoms in total. The van der Waals surface area contributed by atoms with E-state index in [1.54, 1.807) is 24.3 Å². The van der Waals surface area contributed by atoms with Gasteiger partial charge in [-0.25, -0.2) is 4.79 Å². The minimum absolute atomic E-state index is 0.507. The number of hydrogen-bond acceptors (Lipinski definition) is 3. The van der Waals surface area contributed by atoms with Crippen LogP contribution in [0.5, 0.6) is 11.5 Å². The van der Waals surface area contributed by atoms with Crippen molar-refractivity contribution in [3.05, 3.63) is 54.6 Å². The Hall–Kier alpha value is -2.49. The lowest BCUT2D eigenvalue weighted by Crippen LogP contribution is -2.16. The molecule has 0 fully saturated rings. The molecule has 0 radical (unpaired) electrons. The maximum Gasteiger partial charge on any atom is 0.417 e. The highest BCUT2D eigenvalue weighted by molar-refractivity contribution is 5.86. The van der Waals surface area contributed by atoms with Crippen molar-refractivity contribution in [2.75, 3.05) is 11.9 Å². The third kappa shape index (κ3) is 4.31. The molecule has 2 rings (SSSR count). The molecule has 0 aromatic heterocycles. The van der Waals surface area contributed by atoms with Crippen molar-refractivity contribution < 1.29 is 14.3 Å². The number of para-hydroxylation sites is 1. The minimum atomic E-state index is -0.515. The van der Waals surface area contributed by atoms with Crippen molar-refractivity contribution in [2.45, 2.75) is 13.3 Å². The molecule has 1 amide bonds. The van der Waals surface area contributed by atoms with Gasteiger partial charge in [0, 0.05) is 5.69 Å². The highest BCUT2D eigenvalue weighted by Crippen LogP contribution is 2.16. The first kappa shape index (κ1) is 13.9. The lowest BCUT2D eigenvalue weighted by atomic mass is 10.3. The zero-order valence-electron chi connectivity index (χ0n) is 11.3. The number of carbonyl (C=O) groups excluding carboxylic acids is 1. The first-order valence-corrected chi connectivity index (χ1v) is 6.54. The Balaban J connectivity index is 1.88. The quantitative estimate of drug-likeness (QED) is 0.891. The summed E-state index contributed by atoms with van der Waals surface area (Å²) in [5.74, 6) is 1.29. The molecule has 0 heterocycles. The molecule has 20 heavy (non-hydrogen) atoms. The van der Waals surface area contributed by atoms with Gasteiger partial charge in [0.25, 0.3) is 0 Å². The van der Waals surface area contributed by atoms with E-state index in [-0.39, 0.29) is 0 Å². The van der Waals surface area contributed by atoms with E-state index in [9.17, 15) is 4.79 Å². The largest absolute Gasteiger partial charge is 0.494 e. The summed E-state index contributed by atoms with van der Waals surface area (Å²) < 4.78 is 10.6. The van der Waals surface area contributed by atoms with Crippen LogP contribution in [0, 0.1) is 0 Å². The molecule has 104 valence electrons. The van der Waals surface area contributed by atoms with Crippen LogP contribution in [0.4, 0.5) is 10.5 Å². The van der Waals surface area contributed by atoms with Gasteiger partial charge >= 0.3 is 6.09 Å². The molecule has 1 N–H and O–H groups in total. The Morgan fingerprint density at radius 3 is 2.35 bits per heavy atom. The van der Waals surface area contributed by atoms with Gasteiger partial charge in [0.05, 0.1) is 6.61 Å². The van der Waals surface area contributed by atoms with Crippen LogP contribution in [-0.2, 0) is 0 Å². The predicted octanol–water partition coefficient (Wildman–Crippen LogP) is 4.09. The smallest absolute Gasteiger partial charge is 0.417 e. The van der Waals surface area contributed by atoms with Crippen molar-refractivity contribution in [3.63, 3.8) is 0 Å². The van der Waals surface area contributed by atoms with E-state index in [4.69, 9.17) is 9.47 Å². The van der Waals surface area contributed by atoms with Crippen molar-refractivity contribution in [3.8, 4) is 11.5 Å². The highest BCUT2D eigenvalue weighted by Gasteiger charge is 2.04. The Morgan fingerprint density at radius 1 is 1.00 bits per heavy atom. The maximum absolute atomic E-state index is 11.7. The lowest BCUT2D eigenvalue weighted by Gasteiger charge is -2.08. The van der Waals surface area contributed by atoms with Gasteiger partial charge in [0.15, 0.2) is 0 Å². The van der Waals surface area contributed by atoms with Gasteiger partial charge in [-0.1, -0.05) is 25.1 Å². The average molecular weight is 271 g/mol. The molecule has 0 spiro atoms. The van der Waals surface area contributed by atoms with E-state index >= 15 is 0 Å². The molecule has 0 saturated carbocycles. The molecule has 0 aliphatic carbocycles. The topological polar surface area (TPSA) is 47.6 Å². The predicted molar refractivity (Wildman–Crippen MR) is 78.3 cm³/mol. The summed E-state index contributed by atoms with van der Waals surface area (Å²) in [5, 5.41) is 2.66. The van der Waals surface area contributed by atoms with E-state index in [2.05, 4.69) is 12.2 Å². The number of benzene rings is 2. The normalized spacial score (nSPS) is 9.85. The van der Waals surface area contributed by atoms with Crippen LogP contribution in [0.2, 0.25) is 0 Å². The van der Waals surface area contributed by atoms with E-state index in [1.165, 1.54) is 0 Å². The fourth-order valence-electron chi connectivity index (χ4n) is 1.59. The van der Waals surface area contributed by atoms with Gasteiger partial charge in [-0.3, -0.25) is 5.32 Å². The molecular formula is C16H17NO3. The van der Waals surface area contributed by atoms with Crippen molar-refractivity contribution in [1.82, 2.24) is 0 Å². The Kier molecular flexibility index (Phi) is 5.00. The van der Waals surface area contributed by atoms with Crippen LogP contribution in [0.3, 0.4) is 0 Å². The molecular weight excluding hydrogens is 254 g/mol. The zero-order valence-corrected chi connectivity index (χ0v) is 11.3. The molecule has 0 bridgehead atoms. The number of amides is 1. The highest BCUT2D eigenvalue weighted by atomic mass is 16.6. The molecule has 0 aliphatic heterocycles. The first-order chi connectivity index (χ1) is 9.78. The van der Waals surface area contributed by atoms with Gasteiger partial charge < -0.3 is 9.47 Å². The second-order valence-electron chi connectivity index (χ2n) is 4.20. The summed E-state index contributed by atoms with van der Waals surface area (Å²) in [6, 6.07) is 16.1. The zero-order chi connectivity index (χ0) is 14.2. The Morgan fingerprint density at radius 2 is 1.70 bits per heavy atom. The number of hydrogen-bond donors (Lipinski definition) is 1. The maximum atomic E-state index is 11.7. The van der Waals surface area contributed by atoms with E-state index in [1.807, 2.05) is 30.3 Å². The van der Waals surface area contributed by atoms with Crippen LogP contribution in [0.25, 0.3) is 0 Å². The third-order valence-electron chi connectivity index (χ3n) is 2.53. The fraction of sp³-hybridized carbons (Fsp3) is 0.188. The average Bonchev–Trinajstić information content (AvgIpc) is 2.47. The summed E-state index contributed by atoms with van der Waals surface area (Å²) >= 11 is 0. The summed E-state index contributed by atoms with van der Waals surface area (Å²) in [5.41, 5.74) is 0.662. The summed E-state index contributed by atoms with van der Waals surface area (Å²) in [6.07, 6.45) is 0.446. The molecule has 0 aliphatic rings. The van der Waals surface area contributed by atoms with E-state index in [0.29, 0.717) is 18.0 Å². The monoisotopic (exact) mass is 271 g/mol. The van der Waals surface area contributed by atoms with Gasteiger partial charge in [-0.2, -0.15) is 0 Å². The lowest BCUT2D eigenvalue weighted by molar-refractivity contribution is 0.215. The van der Waals surface area contributed by atoms with Crippen molar-refractivity contribution in [2.24, 2.45) is 0 Å². The van der Waals surface area contributed by atoms with Crippen LogP contribution in [0.15, 0.2) is 54.6 Å². The third-order valence-corrected chi connectivity index (χ3v) is 2.53. The SMILES string of the molecule is CCCOc1ccc(NC(=O)Oc2ccccc2)cc1. The standard InChI is InChI=1S/C16H17NO3/c1-2-12-19-14-10-8-13(9-11-14)17-16(18)20-15-6-4-3-5-7-15/h3-11H,2,12H2,1H3,(H,17,18). The second kappa shape index (κ2) is 7.19. The number of anilines is 1. The van der Waals surface area contributed by atoms with Gasteiger partial charge in [-0.05, 0) is 42.8 Å². The van der Waals surface area contributed by atoms with Crippen LogP contribution >= 0.6 is 0 Å². The molecule has 2 aromatic rings. The molecule has 0 saturated heterocycles. The van der Waals surface area contributed by atoms with Gasteiger partial charge in [0.2, 0.25) is 0 Å². The van der Waals surface area contributed by atoms with E-state index < -0.39 is 6.09 Å². The summed E-state index contributed by atoms with van der Waals surface area (Å²) in [4.78, 5) is 11.7. The summed E-state index contributed by atoms with van der Waals surface area (Å²) in [7, 11) is 0. The van der Waals surface area contributed by atoms with E-state index in [0.717, 1.165) is 12.2 Å².